The highest BCUT2D eigenvalue weighted by Crippen LogP contribution is 2.27. The molecular weight excluding hydrogens is 280 g/mol. The number of nitrogens with one attached hydrogen (secondary N) is 1. The number of fused-ring (bicyclic) bond motifs is 1. The first-order valence-corrected chi connectivity index (χ1v) is 7.84. The SMILES string of the molecule is Cc1ccc(Cl)cc1NCc1ccc2c(c1)CCCN2C. The summed E-state index contributed by atoms with van der Waals surface area (Å²) in [7, 11) is 2.17. The average Bonchev–Trinajstić information content (AvgIpc) is 2.48. The van der Waals surface area contributed by atoms with Crippen LogP contribution in [-0.4, -0.2) is 13.6 Å². The molecule has 1 aliphatic rings. The van der Waals surface area contributed by atoms with Crippen molar-refractivity contribution in [3.8, 4) is 0 Å². The Morgan fingerprint density at radius 2 is 2.05 bits per heavy atom. The molecule has 0 saturated carbocycles. The highest BCUT2D eigenvalue weighted by atomic mass is 35.5. The summed E-state index contributed by atoms with van der Waals surface area (Å²) in [6.07, 6.45) is 2.43. The lowest BCUT2D eigenvalue weighted by Crippen LogP contribution is -2.24. The van der Waals surface area contributed by atoms with E-state index in [1.54, 1.807) is 0 Å². The van der Waals surface area contributed by atoms with Crippen LogP contribution in [0.3, 0.4) is 0 Å². The molecule has 3 rings (SSSR count). The van der Waals surface area contributed by atoms with E-state index in [2.05, 4.69) is 42.4 Å². The van der Waals surface area contributed by atoms with Gasteiger partial charge >= 0.3 is 0 Å². The molecule has 0 atom stereocenters. The Hall–Kier alpha value is -1.67. The van der Waals surface area contributed by atoms with Gasteiger partial charge in [0.2, 0.25) is 0 Å². The van der Waals surface area contributed by atoms with Crippen LogP contribution in [-0.2, 0) is 13.0 Å². The molecular formula is C18H21ClN2. The van der Waals surface area contributed by atoms with Crippen molar-refractivity contribution in [2.75, 3.05) is 23.8 Å². The number of nitrogens with zero attached hydrogens (tertiary/aromatic N) is 1. The van der Waals surface area contributed by atoms with Crippen LogP contribution in [0.25, 0.3) is 0 Å². The first-order valence-electron chi connectivity index (χ1n) is 7.46. The number of aryl methyl sites for hydroxylation is 2. The first kappa shape index (κ1) is 14.3. The van der Waals surface area contributed by atoms with Gasteiger partial charge in [-0.2, -0.15) is 0 Å². The van der Waals surface area contributed by atoms with Gasteiger partial charge in [-0.05, 0) is 54.7 Å². The molecule has 2 aromatic rings. The van der Waals surface area contributed by atoms with Crippen LogP contribution < -0.4 is 10.2 Å². The Balaban J connectivity index is 1.75. The van der Waals surface area contributed by atoms with E-state index in [0.29, 0.717) is 0 Å². The Bertz CT molecular complexity index is 652. The topological polar surface area (TPSA) is 15.3 Å². The van der Waals surface area contributed by atoms with Crippen molar-refractivity contribution in [1.29, 1.82) is 0 Å². The Labute approximate surface area is 131 Å². The molecule has 0 aliphatic carbocycles. The van der Waals surface area contributed by atoms with Crippen LogP contribution >= 0.6 is 11.6 Å². The standard InChI is InChI=1S/C18H21ClN2/c1-13-5-7-16(19)11-17(13)20-12-14-6-8-18-15(10-14)4-3-9-21(18)2/h5-8,10-11,20H,3-4,9,12H2,1-2H3. The summed E-state index contributed by atoms with van der Waals surface area (Å²) < 4.78 is 0. The van der Waals surface area contributed by atoms with E-state index in [9.17, 15) is 0 Å². The second-order valence-corrected chi connectivity index (χ2v) is 6.24. The van der Waals surface area contributed by atoms with Crippen molar-refractivity contribution in [3.05, 3.63) is 58.1 Å². The lowest BCUT2D eigenvalue weighted by Gasteiger charge is -2.28. The average molecular weight is 301 g/mol. The Kier molecular flexibility index (Phi) is 4.07. The van der Waals surface area contributed by atoms with Gasteiger partial charge in [0.25, 0.3) is 0 Å². The first-order chi connectivity index (χ1) is 10.1. The van der Waals surface area contributed by atoms with Crippen LogP contribution in [0.2, 0.25) is 5.02 Å². The van der Waals surface area contributed by atoms with Gasteiger partial charge in [-0.25, -0.2) is 0 Å². The third-order valence-electron chi connectivity index (χ3n) is 4.18. The van der Waals surface area contributed by atoms with Gasteiger partial charge in [-0.3, -0.25) is 0 Å². The highest BCUT2D eigenvalue weighted by molar-refractivity contribution is 6.30. The van der Waals surface area contributed by atoms with Crippen molar-refractivity contribution in [3.63, 3.8) is 0 Å². The van der Waals surface area contributed by atoms with Gasteiger partial charge in [-0.15, -0.1) is 0 Å². The van der Waals surface area contributed by atoms with Gasteiger partial charge in [0.15, 0.2) is 0 Å². The molecule has 3 heteroatoms. The fourth-order valence-electron chi connectivity index (χ4n) is 2.93. The van der Waals surface area contributed by atoms with Crippen LogP contribution in [0.1, 0.15) is 23.1 Å². The molecule has 0 spiro atoms. The monoisotopic (exact) mass is 300 g/mol. The molecule has 1 aliphatic heterocycles. The Morgan fingerprint density at radius 1 is 1.19 bits per heavy atom. The summed E-state index contributed by atoms with van der Waals surface area (Å²) in [6, 6.07) is 12.8. The Morgan fingerprint density at radius 3 is 2.90 bits per heavy atom. The van der Waals surface area contributed by atoms with E-state index in [1.165, 1.54) is 35.2 Å². The minimum atomic E-state index is 0.773. The van der Waals surface area contributed by atoms with Crippen LogP contribution in [0.15, 0.2) is 36.4 Å². The zero-order valence-corrected chi connectivity index (χ0v) is 13.4. The second-order valence-electron chi connectivity index (χ2n) is 5.80. The normalized spacial score (nSPS) is 14.0. The van der Waals surface area contributed by atoms with E-state index in [0.717, 1.165) is 23.8 Å². The summed E-state index contributed by atoms with van der Waals surface area (Å²) in [5, 5.41) is 4.26. The minimum absolute atomic E-state index is 0.773. The molecule has 0 fully saturated rings. The zero-order valence-electron chi connectivity index (χ0n) is 12.6. The maximum atomic E-state index is 6.06. The van der Waals surface area contributed by atoms with Gasteiger partial charge in [-0.1, -0.05) is 29.8 Å². The van der Waals surface area contributed by atoms with Crippen LogP contribution in [0, 0.1) is 6.92 Å². The molecule has 0 aromatic heterocycles. The molecule has 0 saturated heterocycles. The number of rotatable bonds is 3. The third kappa shape index (κ3) is 3.16. The van der Waals surface area contributed by atoms with E-state index in [1.807, 2.05) is 18.2 Å². The van der Waals surface area contributed by atoms with E-state index in [-0.39, 0.29) is 0 Å². The summed E-state index contributed by atoms with van der Waals surface area (Å²) in [5.41, 5.74) is 6.49. The van der Waals surface area contributed by atoms with E-state index < -0.39 is 0 Å². The van der Waals surface area contributed by atoms with Crippen molar-refractivity contribution in [1.82, 2.24) is 0 Å². The van der Waals surface area contributed by atoms with Crippen LogP contribution in [0.4, 0.5) is 11.4 Å². The molecule has 110 valence electrons. The zero-order chi connectivity index (χ0) is 14.8. The molecule has 0 radical (unpaired) electrons. The van der Waals surface area contributed by atoms with Gasteiger partial charge < -0.3 is 10.2 Å². The van der Waals surface area contributed by atoms with Crippen molar-refractivity contribution < 1.29 is 0 Å². The lowest BCUT2D eigenvalue weighted by atomic mass is 9.99. The molecule has 1 heterocycles. The van der Waals surface area contributed by atoms with Crippen molar-refractivity contribution >= 4 is 23.0 Å². The predicted octanol–water partition coefficient (Wildman–Crippen LogP) is 4.64. The van der Waals surface area contributed by atoms with Crippen molar-refractivity contribution in [2.45, 2.75) is 26.3 Å². The van der Waals surface area contributed by atoms with E-state index in [4.69, 9.17) is 11.6 Å². The van der Waals surface area contributed by atoms with Gasteiger partial charge in [0, 0.05) is 36.5 Å². The summed E-state index contributed by atoms with van der Waals surface area (Å²) in [4.78, 5) is 2.34. The number of halogens is 1. The fraction of sp³-hybridized carbons (Fsp3) is 0.333. The number of benzene rings is 2. The summed E-state index contributed by atoms with van der Waals surface area (Å²) in [5.74, 6) is 0. The quantitative estimate of drug-likeness (QED) is 0.888. The number of anilines is 2. The van der Waals surface area contributed by atoms with E-state index >= 15 is 0 Å². The second kappa shape index (κ2) is 5.98. The molecule has 2 aromatic carbocycles. The maximum absolute atomic E-state index is 6.06. The molecule has 0 amide bonds. The third-order valence-corrected chi connectivity index (χ3v) is 4.41. The summed E-state index contributed by atoms with van der Waals surface area (Å²) in [6.45, 7) is 4.09. The minimum Gasteiger partial charge on any atom is -0.381 e. The maximum Gasteiger partial charge on any atom is 0.0426 e. The molecule has 1 N–H and O–H groups in total. The molecule has 0 bridgehead atoms. The highest BCUT2D eigenvalue weighted by Gasteiger charge is 2.13. The van der Waals surface area contributed by atoms with Gasteiger partial charge in [0.05, 0.1) is 0 Å². The van der Waals surface area contributed by atoms with Crippen molar-refractivity contribution in [2.24, 2.45) is 0 Å². The molecule has 2 nitrogen and oxygen atoms in total. The fourth-order valence-corrected chi connectivity index (χ4v) is 3.10. The number of hydrogen-bond acceptors (Lipinski definition) is 2. The lowest BCUT2D eigenvalue weighted by molar-refractivity contribution is 0.743. The predicted molar refractivity (Wildman–Crippen MR) is 91.5 cm³/mol. The largest absolute Gasteiger partial charge is 0.381 e. The molecule has 0 unspecified atom stereocenters. The van der Waals surface area contributed by atoms with Crippen LogP contribution in [0.5, 0.6) is 0 Å². The number of hydrogen-bond donors (Lipinski definition) is 1. The summed E-state index contributed by atoms with van der Waals surface area (Å²) >= 11 is 6.06. The molecule has 21 heavy (non-hydrogen) atoms. The smallest absolute Gasteiger partial charge is 0.0426 e. The van der Waals surface area contributed by atoms with Gasteiger partial charge in [0.1, 0.15) is 0 Å².